The fourth-order valence-corrected chi connectivity index (χ4v) is 4.68. The molecule has 6 N–H and O–H groups in total. The minimum Gasteiger partial charge on any atom is -0.465 e. The van der Waals surface area contributed by atoms with Gasteiger partial charge in [0.05, 0.1) is 16.8 Å². The van der Waals surface area contributed by atoms with Gasteiger partial charge in [0.15, 0.2) is 0 Å². The molecule has 1 saturated carbocycles. The Morgan fingerprint density at radius 2 is 1.68 bits per heavy atom. The smallest absolute Gasteiger partial charge is 0.404 e. The molecule has 3 aromatic rings. The third-order valence-corrected chi connectivity index (χ3v) is 6.76. The molecule has 2 heterocycles. The third-order valence-electron chi connectivity index (χ3n) is 6.76. The van der Waals surface area contributed by atoms with E-state index in [0.717, 1.165) is 42.1 Å². The average molecular weight is 505 g/mol. The van der Waals surface area contributed by atoms with Crippen LogP contribution in [0.15, 0.2) is 48.7 Å². The van der Waals surface area contributed by atoms with Crippen molar-refractivity contribution in [2.75, 3.05) is 25.0 Å². The minimum absolute atomic E-state index is 0.146. The van der Waals surface area contributed by atoms with Crippen molar-refractivity contribution in [2.24, 2.45) is 17.6 Å². The lowest BCUT2D eigenvalue weighted by atomic mass is 9.82. The Hall–Kier alpha value is -4.21. The number of aromatic nitrogens is 2. The first-order valence-electron chi connectivity index (χ1n) is 12.5. The molecule has 4 rings (SSSR count). The molecular formula is C27H32N6O4. The molecule has 10 heteroatoms. The first-order valence-corrected chi connectivity index (χ1v) is 12.5. The number of hydrogen-bond acceptors (Lipinski definition) is 6. The van der Waals surface area contributed by atoms with Gasteiger partial charge in [0.2, 0.25) is 5.91 Å². The van der Waals surface area contributed by atoms with Gasteiger partial charge in [0.1, 0.15) is 5.82 Å². The Morgan fingerprint density at radius 1 is 0.973 bits per heavy atom. The standard InChI is InChI=1S/C27H32N6O4/c28-24(34)11-12-29-25-10-9-19(16-30-25)23-13-21(20-3-1-2-4-22(20)33-23)26(35)31-14-17-5-7-18(8-6-17)15-32-27(36)37/h1-4,9-10,13,16-18,32H,5-8,11-12,14-15H2,(H2,28,34)(H,29,30)(H,31,35)(H,36,37)/t17-,18-. The van der Waals surface area contributed by atoms with Crippen molar-refractivity contribution in [3.63, 3.8) is 0 Å². The maximum absolute atomic E-state index is 13.3. The van der Waals surface area contributed by atoms with Gasteiger partial charge < -0.3 is 26.8 Å². The molecule has 10 nitrogen and oxygen atoms in total. The van der Waals surface area contributed by atoms with Gasteiger partial charge in [0, 0.05) is 43.2 Å². The van der Waals surface area contributed by atoms with E-state index in [-0.39, 0.29) is 18.2 Å². The molecule has 1 aromatic carbocycles. The van der Waals surface area contributed by atoms with Crippen LogP contribution in [0.2, 0.25) is 0 Å². The zero-order chi connectivity index (χ0) is 26.2. The van der Waals surface area contributed by atoms with E-state index in [1.54, 1.807) is 18.3 Å². The lowest BCUT2D eigenvalue weighted by Crippen LogP contribution is -2.34. The zero-order valence-electron chi connectivity index (χ0n) is 20.6. The molecule has 0 aliphatic heterocycles. The Morgan fingerprint density at radius 3 is 2.32 bits per heavy atom. The Kier molecular flexibility index (Phi) is 8.50. The average Bonchev–Trinajstić information content (AvgIpc) is 2.90. The topological polar surface area (TPSA) is 159 Å². The summed E-state index contributed by atoms with van der Waals surface area (Å²) in [5.74, 6) is 0.824. The Bertz CT molecular complexity index is 1260. The van der Waals surface area contributed by atoms with Crippen LogP contribution in [0.25, 0.3) is 22.2 Å². The molecule has 194 valence electrons. The van der Waals surface area contributed by atoms with Crippen LogP contribution in [0.1, 0.15) is 42.5 Å². The third kappa shape index (κ3) is 7.16. The van der Waals surface area contributed by atoms with E-state index in [9.17, 15) is 14.4 Å². The number of benzene rings is 1. The van der Waals surface area contributed by atoms with Crippen LogP contribution in [0, 0.1) is 11.8 Å². The van der Waals surface area contributed by atoms with Crippen molar-refractivity contribution in [3.8, 4) is 11.3 Å². The number of amides is 3. The number of carbonyl (C=O) groups is 3. The Labute approximate surface area is 215 Å². The van der Waals surface area contributed by atoms with Crippen LogP contribution >= 0.6 is 0 Å². The predicted octanol–water partition coefficient (Wildman–Crippen LogP) is 3.39. The van der Waals surface area contributed by atoms with E-state index in [1.165, 1.54) is 0 Å². The minimum atomic E-state index is -0.984. The molecule has 1 aliphatic carbocycles. The number of anilines is 1. The number of nitrogens with two attached hydrogens (primary N) is 1. The fraction of sp³-hybridized carbons (Fsp3) is 0.370. The summed E-state index contributed by atoms with van der Waals surface area (Å²) in [6, 6.07) is 13.0. The van der Waals surface area contributed by atoms with Gasteiger partial charge in [-0.1, -0.05) is 18.2 Å². The summed E-state index contributed by atoms with van der Waals surface area (Å²) in [5, 5.41) is 18.2. The highest BCUT2D eigenvalue weighted by Gasteiger charge is 2.23. The van der Waals surface area contributed by atoms with Gasteiger partial charge in [-0.15, -0.1) is 0 Å². The number of pyridine rings is 2. The van der Waals surface area contributed by atoms with Crippen molar-refractivity contribution in [2.45, 2.75) is 32.1 Å². The maximum Gasteiger partial charge on any atom is 0.404 e. The summed E-state index contributed by atoms with van der Waals surface area (Å²) in [5.41, 5.74) is 7.87. The van der Waals surface area contributed by atoms with E-state index in [4.69, 9.17) is 15.8 Å². The summed E-state index contributed by atoms with van der Waals surface area (Å²) in [7, 11) is 0. The molecule has 0 unspecified atom stereocenters. The van der Waals surface area contributed by atoms with E-state index in [1.807, 2.05) is 30.3 Å². The lowest BCUT2D eigenvalue weighted by Gasteiger charge is -2.28. The number of para-hydroxylation sites is 1. The summed E-state index contributed by atoms with van der Waals surface area (Å²) in [6.45, 7) is 1.47. The highest BCUT2D eigenvalue weighted by Crippen LogP contribution is 2.29. The highest BCUT2D eigenvalue weighted by atomic mass is 16.4. The summed E-state index contributed by atoms with van der Waals surface area (Å²) < 4.78 is 0. The molecule has 0 atom stereocenters. The SMILES string of the molecule is NC(=O)CCNc1ccc(-c2cc(C(=O)NC[C@H]3CC[C@H](CNC(=O)O)CC3)c3ccccc3n2)cn1. The highest BCUT2D eigenvalue weighted by molar-refractivity contribution is 6.07. The molecule has 0 radical (unpaired) electrons. The van der Waals surface area contributed by atoms with E-state index >= 15 is 0 Å². The predicted molar refractivity (Wildman–Crippen MR) is 141 cm³/mol. The zero-order valence-corrected chi connectivity index (χ0v) is 20.6. The monoisotopic (exact) mass is 504 g/mol. The number of primary amides is 1. The molecule has 37 heavy (non-hydrogen) atoms. The second kappa shape index (κ2) is 12.2. The van der Waals surface area contributed by atoms with E-state index < -0.39 is 6.09 Å². The summed E-state index contributed by atoms with van der Waals surface area (Å²) in [6.07, 6.45) is 4.73. The molecule has 0 spiro atoms. The van der Waals surface area contributed by atoms with Crippen LogP contribution < -0.4 is 21.7 Å². The lowest BCUT2D eigenvalue weighted by molar-refractivity contribution is -0.117. The van der Waals surface area contributed by atoms with Gasteiger partial charge in [-0.2, -0.15) is 0 Å². The van der Waals surface area contributed by atoms with Crippen molar-refractivity contribution in [1.82, 2.24) is 20.6 Å². The first-order chi connectivity index (χ1) is 17.9. The number of hydrogen-bond donors (Lipinski definition) is 5. The molecule has 0 saturated heterocycles. The van der Waals surface area contributed by atoms with Crippen LogP contribution in [0.5, 0.6) is 0 Å². The van der Waals surface area contributed by atoms with Crippen LogP contribution in [0.4, 0.5) is 10.6 Å². The van der Waals surface area contributed by atoms with E-state index in [0.29, 0.717) is 48.5 Å². The molecule has 1 fully saturated rings. The molecule has 3 amide bonds. The second-order valence-electron chi connectivity index (χ2n) is 9.43. The number of carboxylic acid groups (broad SMARTS) is 1. The van der Waals surface area contributed by atoms with Gasteiger partial charge in [-0.25, -0.2) is 14.8 Å². The van der Waals surface area contributed by atoms with Gasteiger partial charge in [-0.05, 0) is 61.8 Å². The molecule has 2 aromatic heterocycles. The second-order valence-corrected chi connectivity index (χ2v) is 9.43. The molecule has 0 bridgehead atoms. The van der Waals surface area contributed by atoms with Crippen molar-refractivity contribution in [1.29, 1.82) is 0 Å². The quantitative estimate of drug-likeness (QED) is 0.283. The fourth-order valence-electron chi connectivity index (χ4n) is 4.68. The number of nitrogens with zero attached hydrogens (tertiary/aromatic N) is 2. The number of carbonyl (C=O) groups excluding carboxylic acids is 2. The number of fused-ring (bicyclic) bond motifs is 1. The van der Waals surface area contributed by atoms with Crippen LogP contribution in [0.3, 0.4) is 0 Å². The maximum atomic E-state index is 13.3. The van der Waals surface area contributed by atoms with Crippen LogP contribution in [-0.2, 0) is 4.79 Å². The number of rotatable bonds is 10. The van der Waals surface area contributed by atoms with Gasteiger partial charge in [-0.3, -0.25) is 9.59 Å². The van der Waals surface area contributed by atoms with Gasteiger partial charge in [0.25, 0.3) is 5.91 Å². The number of nitrogens with one attached hydrogen (secondary N) is 3. The normalized spacial score (nSPS) is 17.2. The Balaban J connectivity index is 1.43. The van der Waals surface area contributed by atoms with Crippen molar-refractivity contribution in [3.05, 3.63) is 54.2 Å². The first kappa shape index (κ1) is 25.9. The van der Waals surface area contributed by atoms with Crippen LogP contribution in [-0.4, -0.2) is 52.6 Å². The summed E-state index contributed by atoms with van der Waals surface area (Å²) in [4.78, 5) is 44.0. The van der Waals surface area contributed by atoms with Crippen molar-refractivity contribution < 1.29 is 19.5 Å². The summed E-state index contributed by atoms with van der Waals surface area (Å²) >= 11 is 0. The molecular weight excluding hydrogens is 472 g/mol. The largest absolute Gasteiger partial charge is 0.465 e. The van der Waals surface area contributed by atoms with Crippen molar-refractivity contribution >= 4 is 34.6 Å². The molecule has 1 aliphatic rings. The van der Waals surface area contributed by atoms with E-state index in [2.05, 4.69) is 20.9 Å². The van der Waals surface area contributed by atoms with Gasteiger partial charge >= 0.3 is 6.09 Å².